The number of esters is 4. The van der Waals surface area contributed by atoms with Crippen molar-refractivity contribution < 1.29 is 50.7 Å². The predicted octanol–water partition coefficient (Wildman–Crippen LogP) is 0.790. The van der Waals surface area contributed by atoms with Crippen LogP contribution in [-0.4, -0.2) is 66.4 Å². The lowest BCUT2D eigenvalue weighted by molar-refractivity contribution is -0.140. The zero-order valence-electron chi connectivity index (χ0n) is 17.5. The van der Waals surface area contributed by atoms with E-state index < -0.39 is 56.6 Å². The van der Waals surface area contributed by atoms with Gasteiger partial charge in [-0.05, 0) is 24.3 Å². The Morgan fingerprint density at radius 2 is 1.39 bits per heavy atom. The maximum atomic E-state index is 12.7. The van der Waals surface area contributed by atoms with Crippen molar-refractivity contribution in [3.05, 3.63) is 45.5 Å². The van der Waals surface area contributed by atoms with E-state index in [0.29, 0.717) is 0 Å². The first kappa shape index (κ1) is 25.5. The molecule has 0 unspecified atom stereocenters. The van der Waals surface area contributed by atoms with Gasteiger partial charge in [0.1, 0.15) is 5.57 Å². The van der Waals surface area contributed by atoms with Crippen LogP contribution in [0.2, 0.25) is 5.02 Å². The highest BCUT2D eigenvalue weighted by molar-refractivity contribution is 7.86. The Labute approximate surface area is 192 Å². The number of halogens is 1. The van der Waals surface area contributed by atoms with Crippen LogP contribution in [0.15, 0.2) is 39.3 Å². The van der Waals surface area contributed by atoms with Gasteiger partial charge in [0, 0.05) is 10.6 Å². The molecule has 14 heteroatoms. The van der Waals surface area contributed by atoms with Crippen molar-refractivity contribution in [2.45, 2.75) is 0 Å². The summed E-state index contributed by atoms with van der Waals surface area (Å²) in [6.07, 6.45) is 0.956. The molecule has 0 atom stereocenters. The monoisotopic (exact) mass is 501 g/mol. The molecule has 1 aromatic carbocycles. The van der Waals surface area contributed by atoms with Crippen molar-refractivity contribution in [2.75, 3.05) is 28.4 Å². The number of fused-ring (bicyclic) bond motifs is 1. The predicted molar refractivity (Wildman–Crippen MR) is 112 cm³/mol. The van der Waals surface area contributed by atoms with E-state index in [1.54, 1.807) is 0 Å². The third-order valence-corrected chi connectivity index (χ3v) is 5.02. The fraction of sp³-hybridized carbons (Fsp3) is 0.211. The van der Waals surface area contributed by atoms with Gasteiger partial charge in [0.05, 0.1) is 39.6 Å². The average molecular weight is 502 g/mol. The standard InChI is InChI=1S/C19H16ClNO11S/c1-28-16(22)11-8-9-7-10(20)5-6-12(9)32-33(26,27)21-15(19(25)31-4)14(18(24)30-3)13(11)17(23)29-2/h5-8H,1-4H3/b11-8+,14-13-,21-15?. The molecule has 0 aromatic heterocycles. The van der Waals surface area contributed by atoms with E-state index in [1.807, 2.05) is 0 Å². The van der Waals surface area contributed by atoms with Crippen LogP contribution < -0.4 is 4.18 Å². The minimum absolute atomic E-state index is 0.0998. The first-order valence-electron chi connectivity index (χ1n) is 8.63. The number of ether oxygens (including phenoxy) is 4. The van der Waals surface area contributed by atoms with Crippen LogP contribution in [0.25, 0.3) is 6.08 Å². The zero-order valence-corrected chi connectivity index (χ0v) is 19.1. The van der Waals surface area contributed by atoms with Crippen LogP contribution >= 0.6 is 11.6 Å². The van der Waals surface area contributed by atoms with Crippen molar-refractivity contribution in [2.24, 2.45) is 4.40 Å². The third kappa shape index (κ3) is 5.56. The normalized spacial score (nSPS) is 18.8. The summed E-state index contributed by atoms with van der Waals surface area (Å²) < 4.78 is 51.8. The lowest BCUT2D eigenvalue weighted by atomic mass is 9.94. The number of hydrogen-bond acceptors (Lipinski definition) is 11. The van der Waals surface area contributed by atoms with Crippen molar-refractivity contribution in [1.29, 1.82) is 0 Å². The summed E-state index contributed by atoms with van der Waals surface area (Å²) in [5, 5.41) is 0.0998. The molecular weight excluding hydrogens is 486 g/mol. The Morgan fingerprint density at radius 1 is 0.848 bits per heavy atom. The topological polar surface area (TPSA) is 161 Å². The van der Waals surface area contributed by atoms with Crippen LogP contribution in [-0.2, 0) is 48.4 Å². The molecule has 2 rings (SSSR count). The van der Waals surface area contributed by atoms with E-state index in [9.17, 15) is 27.6 Å². The lowest BCUT2D eigenvalue weighted by Gasteiger charge is -2.17. The number of benzene rings is 1. The van der Waals surface area contributed by atoms with Gasteiger partial charge >= 0.3 is 34.2 Å². The average Bonchev–Trinajstić information content (AvgIpc) is 2.79. The van der Waals surface area contributed by atoms with Gasteiger partial charge in [-0.2, -0.15) is 8.42 Å². The van der Waals surface area contributed by atoms with Crippen LogP contribution in [0, 0.1) is 0 Å². The Hall–Kier alpha value is -3.71. The minimum Gasteiger partial charge on any atom is -0.465 e. The van der Waals surface area contributed by atoms with Gasteiger partial charge in [-0.1, -0.05) is 11.6 Å². The molecule has 1 aromatic rings. The van der Waals surface area contributed by atoms with Gasteiger partial charge in [-0.25, -0.2) is 19.2 Å². The second-order valence-corrected chi connectivity index (χ2v) is 7.55. The fourth-order valence-corrected chi connectivity index (χ4v) is 3.59. The number of hydrogen-bond donors (Lipinski definition) is 0. The number of carbonyl (C=O) groups excluding carboxylic acids is 4. The quantitative estimate of drug-likeness (QED) is 0.423. The molecule has 176 valence electrons. The summed E-state index contributed by atoms with van der Waals surface area (Å²) >= 11 is 5.97. The van der Waals surface area contributed by atoms with E-state index in [-0.39, 0.29) is 16.3 Å². The Balaban J connectivity index is 3.22. The molecule has 12 nitrogen and oxygen atoms in total. The van der Waals surface area contributed by atoms with Gasteiger partial charge in [0.25, 0.3) is 0 Å². The number of methoxy groups -OCH3 is 4. The van der Waals surface area contributed by atoms with Gasteiger partial charge in [0.15, 0.2) is 11.5 Å². The SMILES string of the molecule is COC(=O)C1=NS(=O)(=O)Oc2ccc(Cl)cc2/C=C(C(=O)OC)\C(C(=O)OC)=C/1C(=O)OC. The molecule has 0 saturated carbocycles. The van der Waals surface area contributed by atoms with Gasteiger partial charge in [-0.15, -0.1) is 4.40 Å². The van der Waals surface area contributed by atoms with Crippen molar-refractivity contribution in [1.82, 2.24) is 0 Å². The molecular formula is C19H16ClNO11S. The molecule has 0 bridgehead atoms. The number of rotatable bonds is 4. The maximum absolute atomic E-state index is 12.7. The van der Waals surface area contributed by atoms with E-state index in [2.05, 4.69) is 18.6 Å². The molecule has 1 heterocycles. The van der Waals surface area contributed by atoms with E-state index in [4.69, 9.17) is 20.5 Å². The first-order chi connectivity index (χ1) is 15.5. The van der Waals surface area contributed by atoms with E-state index >= 15 is 0 Å². The van der Waals surface area contributed by atoms with Crippen LogP contribution in [0.4, 0.5) is 0 Å². The van der Waals surface area contributed by atoms with Gasteiger partial charge < -0.3 is 23.1 Å². The molecule has 0 radical (unpaired) electrons. The maximum Gasteiger partial charge on any atom is 0.429 e. The molecule has 0 N–H and O–H groups in total. The molecule has 0 fully saturated rings. The second kappa shape index (κ2) is 10.3. The molecule has 0 amide bonds. The highest BCUT2D eigenvalue weighted by Crippen LogP contribution is 2.32. The zero-order chi connectivity index (χ0) is 24.9. The summed E-state index contributed by atoms with van der Waals surface area (Å²) in [4.78, 5) is 50.5. The summed E-state index contributed by atoms with van der Waals surface area (Å²) in [6.45, 7) is 0. The van der Waals surface area contributed by atoms with Crippen molar-refractivity contribution in [3.8, 4) is 5.75 Å². The molecule has 0 aliphatic carbocycles. The van der Waals surface area contributed by atoms with Gasteiger partial charge in [-0.3, -0.25) is 0 Å². The van der Waals surface area contributed by atoms with E-state index in [0.717, 1.165) is 40.6 Å². The molecule has 1 aliphatic rings. The van der Waals surface area contributed by atoms with Crippen LogP contribution in [0.5, 0.6) is 5.75 Å². The molecule has 33 heavy (non-hydrogen) atoms. The second-order valence-electron chi connectivity index (χ2n) is 5.91. The Kier molecular flexibility index (Phi) is 7.95. The third-order valence-electron chi connectivity index (χ3n) is 3.99. The first-order valence-corrected chi connectivity index (χ1v) is 10.4. The highest BCUT2D eigenvalue weighted by Gasteiger charge is 2.38. The fourth-order valence-electron chi connectivity index (χ4n) is 2.60. The highest BCUT2D eigenvalue weighted by atomic mass is 35.5. The summed E-state index contributed by atoms with van der Waals surface area (Å²) in [5.74, 6) is -5.76. The Morgan fingerprint density at radius 3 is 1.94 bits per heavy atom. The van der Waals surface area contributed by atoms with Crippen LogP contribution in [0.1, 0.15) is 5.56 Å². The molecule has 1 aliphatic heterocycles. The Bertz CT molecular complexity index is 1230. The minimum atomic E-state index is -4.98. The van der Waals surface area contributed by atoms with Crippen molar-refractivity contribution in [3.63, 3.8) is 0 Å². The number of carbonyl (C=O) groups is 4. The number of nitrogens with zero attached hydrogens (tertiary/aromatic N) is 1. The largest absolute Gasteiger partial charge is 0.465 e. The van der Waals surface area contributed by atoms with Gasteiger partial charge in [0.2, 0.25) is 0 Å². The molecule has 0 spiro atoms. The summed E-state index contributed by atoms with van der Waals surface area (Å²) in [5.41, 5.74) is -3.90. The smallest absolute Gasteiger partial charge is 0.429 e. The summed E-state index contributed by atoms with van der Waals surface area (Å²) in [7, 11) is -1.36. The van der Waals surface area contributed by atoms with E-state index in [1.165, 1.54) is 12.1 Å². The summed E-state index contributed by atoms with van der Waals surface area (Å²) in [6, 6.07) is 3.61. The van der Waals surface area contributed by atoms with Crippen LogP contribution in [0.3, 0.4) is 0 Å². The lowest BCUT2D eigenvalue weighted by Crippen LogP contribution is -2.31. The van der Waals surface area contributed by atoms with Crippen molar-refractivity contribution >= 4 is 57.6 Å². The molecule has 0 saturated heterocycles.